The van der Waals surface area contributed by atoms with Gasteiger partial charge in [0.25, 0.3) is 0 Å². The zero-order valence-corrected chi connectivity index (χ0v) is 15.0. The van der Waals surface area contributed by atoms with E-state index in [0.717, 1.165) is 63.0 Å². The minimum absolute atomic E-state index is 0.289. The number of amides is 1. The van der Waals surface area contributed by atoms with Gasteiger partial charge in [0.15, 0.2) is 0 Å². The Morgan fingerprint density at radius 3 is 2.56 bits per heavy atom. The molecule has 2 fully saturated rings. The van der Waals surface area contributed by atoms with E-state index in [-0.39, 0.29) is 5.91 Å². The van der Waals surface area contributed by atoms with E-state index in [1.165, 1.54) is 0 Å². The summed E-state index contributed by atoms with van der Waals surface area (Å²) in [6.45, 7) is 5.25. The lowest BCUT2D eigenvalue weighted by Gasteiger charge is -2.38. The highest BCUT2D eigenvalue weighted by molar-refractivity contribution is 5.77. The van der Waals surface area contributed by atoms with Gasteiger partial charge in [-0.25, -0.2) is 0 Å². The topological polar surface area (TPSA) is 60.9 Å². The maximum Gasteiger partial charge on any atom is 0.325 e. The fourth-order valence-corrected chi connectivity index (χ4v) is 4.14. The number of carboxylic acids is 1. The van der Waals surface area contributed by atoms with Crippen LogP contribution in [0.3, 0.4) is 0 Å². The van der Waals surface area contributed by atoms with E-state index in [1.54, 1.807) is 0 Å². The van der Waals surface area contributed by atoms with Gasteiger partial charge in [-0.2, -0.15) is 0 Å². The van der Waals surface area contributed by atoms with Crippen LogP contribution in [0.25, 0.3) is 0 Å². The molecule has 0 radical (unpaired) electrons. The van der Waals surface area contributed by atoms with Gasteiger partial charge in [-0.05, 0) is 62.7 Å². The van der Waals surface area contributed by atoms with E-state index in [2.05, 4.69) is 4.90 Å². The van der Waals surface area contributed by atoms with E-state index in [4.69, 9.17) is 0 Å². The van der Waals surface area contributed by atoms with Crippen LogP contribution in [0.15, 0.2) is 24.3 Å². The van der Waals surface area contributed by atoms with E-state index < -0.39 is 12.0 Å². The third-order valence-electron chi connectivity index (χ3n) is 5.63. The molecule has 2 saturated heterocycles. The highest BCUT2D eigenvalue weighted by Crippen LogP contribution is 2.29. The number of carboxylic acid groups (broad SMARTS) is 1. The van der Waals surface area contributed by atoms with E-state index in [9.17, 15) is 14.7 Å². The van der Waals surface area contributed by atoms with Crippen molar-refractivity contribution in [3.63, 3.8) is 0 Å². The molecule has 2 heterocycles. The average molecular weight is 344 g/mol. The fourth-order valence-electron chi connectivity index (χ4n) is 4.14. The predicted octanol–water partition coefficient (Wildman–Crippen LogP) is 2.85. The summed E-state index contributed by atoms with van der Waals surface area (Å²) in [5, 5.41) is 9.77. The molecule has 1 atom stereocenters. The molecule has 0 spiro atoms. The van der Waals surface area contributed by atoms with Gasteiger partial charge in [-0.1, -0.05) is 24.3 Å². The van der Waals surface area contributed by atoms with Crippen molar-refractivity contribution in [1.82, 2.24) is 9.80 Å². The lowest BCUT2D eigenvalue weighted by molar-refractivity contribution is -0.144. The Labute approximate surface area is 149 Å². The normalized spacial score (nSPS) is 21.3. The van der Waals surface area contributed by atoms with E-state index in [0.29, 0.717) is 12.3 Å². The smallest absolute Gasteiger partial charge is 0.325 e. The zero-order chi connectivity index (χ0) is 17.8. The van der Waals surface area contributed by atoms with Gasteiger partial charge in [0.1, 0.15) is 6.04 Å². The maximum absolute atomic E-state index is 12.0. The summed E-state index contributed by atoms with van der Waals surface area (Å²) >= 11 is 0. The molecule has 1 amide bonds. The number of carbonyl (C=O) groups is 2. The van der Waals surface area contributed by atoms with Crippen LogP contribution in [0.2, 0.25) is 0 Å². The summed E-state index contributed by atoms with van der Waals surface area (Å²) < 4.78 is 0. The first kappa shape index (κ1) is 17.9. The number of hydrogen-bond donors (Lipinski definition) is 1. The Morgan fingerprint density at radius 1 is 1.20 bits per heavy atom. The number of piperidine rings is 2. The lowest BCUT2D eigenvalue weighted by atomic mass is 9.92. The van der Waals surface area contributed by atoms with Crippen molar-refractivity contribution in [2.45, 2.75) is 45.1 Å². The van der Waals surface area contributed by atoms with Gasteiger partial charge in [0.2, 0.25) is 5.91 Å². The molecule has 0 bridgehead atoms. The van der Waals surface area contributed by atoms with Crippen LogP contribution in [0.1, 0.15) is 49.3 Å². The average Bonchev–Trinajstić information content (AvgIpc) is 2.60. The first-order chi connectivity index (χ1) is 12.1. The molecule has 2 aliphatic rings. The van der Waals surface area contributed by atoms with Crippen molar-refractivity contribution in [3.8, 4) is 0 Å². The monoisotopic (exact) mass is 344 g/mol. The SMILES string of the molecule is Cc1ccccc1C(C(=O)O)N1CCC(CN2CCCCC2=O)CC1. The summed E-state index contributed by atoms with van der Waals surface area (Å²) in [6.07, 6.45) is 4.73. The second-order valence-electron chi connectivity index (χ2n) is 7.37. The van der Waals surface area contributed by atoms with Crippen LogP contribution in [0, 0.1) is 12.8 Å². The number of carbonyl (C=O) groups excluding carboxylic acids is 1. The molecule has 1 aromatic carbocycles. The third kappa shape index (κ3) is 4.21. The zero-order valence-electron chi connectivity index (χ0n) is 15.0. The molecule has 1 N–H and O–H groups in total. The van der Waals surface area contributed by atoms with Gasteiger partial charge < -0.3 is 10.0 Å². The van der Waals surface area contributed by atoms with Crippen molar-refractivity contribution in [2.75, 3.05) is 26.2 Å². The van der Waals surface area contributed by atoms with Crippen LogP contribution in [-0.4, -0.2) is 53.0 Å². The standard InChI is InChI=1S/C20H28N2O3/c1-15-6-2-3-7-17(15)19(20(24)25)21-12-9-16(10-13-21)14-22-11-5-4-8-18(22)23/h2-3,6-7,16,19H,4-5,8-14H2,1H3,(H,24,25). The van der Waals surface area contributed by atoms with Gasteiger partial charge in [0, 0.05) is 19.5 Å². The van der Waals surface area contributed by atoms with Crippen LogP contribution in [0.5, 0.6) is 0 Å². The van der Waals surface area contributed by atoms with Gasteiger partial charge >= 0.3 is 5.97 Å². The molecule has 5 heteroatoms. The van der Waals surface area contributed by atoms with Crippen LogP contribution < -0.4 is 0 Å². The number of benzene rings is 1. The van der Waals surface area contributed by atoms with E-state index >= 15 is 0 Å². The Balaban J connectivity index is 1.61. The van der Waals surface area contributed by atoms with Crippen molar-refractivity contribution in [1.29, 1.82) is 0 Å². The molecule has 3 rings (SSSR count). The first-order valence-corrected chi connectivity index (χ1v) is 9.36. The van der Waals surface area contributed by atoms with Gasteiger partial charge in [-0.15, -0.1) is 0 Å². The number of aryl methyl sites for hydroxylation is 1. The number of rotatable bonds is 5. The molecular formula is C20H28N2O3. The molecule has 0 aliphatic carbocycles. The highest BCUT2D eigenvalue weighted by Gasteiger charge is 2.32. The highest BCUT2D eigenvalue weighted by atomic mass is 16.4. The molecule has 2 aliphatic heterocycles. The number of likely N-dealkylation sites (tertiary alicyclic amines) is 2. The molecule has 0 aromatic heterocycles. The van der Waals surface area contributed by atoms with Crippen molar-refractivity contribution in [2.24, 2.45) is 5.92 Å². The lowest BCUT2D eigenvalue weighted by Crippen LogP contribution is -2.44. The van der Waals surface area contributed by atoms with Crippen molar-refractivity contribution < 1.29 is 14.7 Å². The van der Waals surface area contributed by atoms with Crippen LogP contribution >= 0.6 is 0 Å². The maximum atomic E-state index is 12.0. The summed E-state index contributed by atoms with van der Waals surface area (Å²) in [4.78, 5) is 28.0. The molecule has 0 saturated carbocycles. The number of aliphatic carboxylic acids is 1. The summed E-state index contributed by atoms with van der Waals surface area (Å²) in [5.74, 6) is 0.000533. The quantitative estimate of drug-likeness (QED) is 0.892. The molecule has 5 nitrogen and oxygen atoms in total. The Hall–Kier alpha value is -1.88. The molecular weight excluding hydrogens is 316 g/mol. The van der Waals surface area contributed by atoms with E-state index in [1.807, 2.05) is 36.1 Å². The van der Waals surface area contributed by atoms with Crippen LogP contribution in [0.4, 0.5) is 0 Å². The second kappa shape index (κ2) is 8.00. The van der Waals surface area contributed by atoms with Crippen molar-refractivity contribution >= 4 is 11.9 Å². The summed E-state index contributed by atoms with van der Waals surface area (Å²) in [5.41, 5.74) is 1.91. The van der Waals surface area contributed by atoms with Crippen LogP contribution in [-0.2, 0) is 9.59 Å². The first-order valence-electron chi connectivity index (χ1n) is 9.36. The minimum atomic E-state index is -0.779. The molecule has 1 unspecified atom stereocenters. The fraction of sp³-hybridized carbons (Fsp3) is 0.600. The molecule has 136 valence electrons. The largest absolute Gasteiger partial charge is 0.480 e. The minimum Gasteiger partial charge on any atom is -0.480 e. The summed E-state index contributed by atoms with van der Waals surface area (Å²) in [6, 6.07) is 7.18. The summed E-state index contributed by atoms with van der Waals surface area (Å²) in [7, 11) is 0. The molecule has 1 aromatic rings. The van der Waals surface area contributed by atoms with Crippen molar-refractivity contribution in [3.05, 3.63) is 35.4 Å². The Kier molecular flexibility index (Phi) is 5.74. The Morgan fingerprint density at radius 2 is 1.92 bits per heavy atom. The van der Waals surface area contributed by atoms with Gasteiger partial charge in [-0.3, -0.25) is 14.5 Å². The van der Waals surface area contributed by atoms with Gasteiger partial charge in [0.05, 0.1) is 0 Å². The molecule has 25 heavy (non-hydrogen) atoms. The second-order valence-corrected chi connectivity index (χ2v) is 7.37. The number of nitrogens with zero attached hydrogens (tertiary/aromatic N) is 2. The number of hydrogen-bond acceptors (Lipinski definition) is 3. The third-order valence-corrected chi connectivity index (χ3v) is 5.63. The predicted molar refractivity (Wildman–Crippen MR) is 96.3 cm³/mol. The Bertz CT molecular complexity index is 623.